The van der Waals surface area contributed by atoms with Crippen molar-refractivity contribution in [3.8, 4) is 0 Å². The van der Waals surface area contributed by atoms with Crippen molar-refractivity contribution in [1.82, 2.24) is 0 Å². The highest BCUT2D eigenvalue weighted by Gasteiger charge is 2.49. The summed E-state index contributed by atoms with van der Waals surface area (Å²) in [5, 5.41) is 1.25. The smallest absolute Gasteiger partial charge is 0.257 e. The van der Waals surface area contributed by atoms with Gasteiger partial charge in [-0.05, 0) is 181 Å². The van der Waals surface area contributed by atoms with Crippen molar-refractivity contribution in [1.29, 1.82) is 0 Å². The van der Waals surface area contributed by atoms with Crippen LogP contribution in [0.25, 0.3) is 11.0 Å². The van der Waals surface area contributed by atoms with Crippen molar-refractivity contribution in [3.05, 3.63) is 123 Å². The zero-order chi connectivity index (χ0) is 46.9. The fourth-order valence-electron chi connectivity index (χ4n) is 12.0. The van der Waals surface area contributed by atoms with Crippen LogP contribution in [0.2, 0.25) is 0 Å². The van der Waals surface area contributed by atoms with Crippen LogP contribution in [0.3, 0.4) is 0 Å². The summed E-state index contributed by atoms with van der Waals surface area (Å²) in [7, 11) is 0. The average Bonchev–Trinajstić information content (AvgIpc) is 3.57. The first kappa shape index (κ1) is 44.2. The number of rotatable bonds is 2. The quantitative estimate of drug-likeness (QED) is 0.161. The second-order valence-corrected chi connectivity index (χ2v) is 26.6. The van der Waals surface area contributed by atoms with E-state index in [2.05, 4.69) is 213 Å². The largest absolute Gasteiger partial charge is 0.440 e. The van der Waals surface area contributed by atoms with Gasteiger partial charge in [-0.15, -0.1) is 0 Å². The molecule has 2 aliphatic carbocycles. The van der Waals surface area contributed by atoms with Gasteiger partial charge in [-0.25, -0.2) is 0 Å². The molecule has 3 nitrogen and oxygen atoms in total. The molecule has 0 radical (unpaired) electrons. The van der Waals surface area contributed by atoms with E-state index in [0.29, 0.717) is 0 Å². The zero-order valence-electron chi connectivity index (χ0n) is 43.2. The molecule has 65 heavy (non-hydrogen) atoms. The van der Waals surface area contributed by atoms with Gasteiger partial charge in [0.15, 0.2) is 0 Å². The number of fused-ring (bicyclic) bond motifs is 8. The Morgan fingerprint density at radius 3 is 1.43 bits per heavy atom. The number of aryl methyl sites for hydroxylation is 1. The lowest BCUT2D eigenvalue weighted by atomic mass is 9.33. The summed E-state index contributed by atoms with van der Waals surface area (Å²) in [5.74, 6) is 0.956. The Hall–Kier alpha value is -4.70. The van der Waals surface area contributed by atoms with Crippen molar-refractivity contribution in [2.75, 3.05) is 9.80 Å². The molecule has 0 N–H and O–H groups in total. The average molecular weight is 863 g/mol. The molecule has 10 rings (SSSR count). The summed E-state index contributed by atoms with van der Waals surface area (Å²) in [6.07, 6.45) is 4.66. The van der Waals surface area contributed by atoms with Gasteiger partial charge in [-0.3, -0.25) is 4.90 Å². The molecule has 0 fully saturated rings. The third-order valence-electron chi connectivity index (χ3n) is 16.7. The lowest BCUT2D eigenvalue weighted by Gasteiger charge is -2.47. The molecule has 5 aromatic carbocycles. The summed E-state index contributed by atoms with van der Waals surface area (Å²) in [5.41, 5.74) is 22.6. The van der Waals surface area contributed by atoms with Crippen LogP contribution in [0.15, 0.2) is 83.3 Å². The Kier molecular flexibility index (Phi) is 9.31. The molecule has 0 saturated carbocycles. The van der Waals surface area contributed by atoms with Crippen molar-refractivity contribution in [3.63, 3.8) is 0 Å². The summed E-state index contributed by atoms with van der Waals surface area (Å²) in [6.45, 7) is 43.1. The second kappa shape index (κ2) is 13.7. The molecule has 0 spiro atoms. The first-order valence-corrected chi connectivity index (χ1v) is 24.8. The number of nitrogens with zero attached hydrogens (tertiary/aromatic N) is 2. The summed E-state index contributed by atoms with van der Waals surface area (Å²) < 4.78 is 7.51. The number of hydrogen-bond acceptors (Lipinski definition) is 3. The summed E-state index contributed by atoms with van der Waals surface area (Å²) in [4.78, 5) is 5.17. The molecule has 0 bridgehead atoms. The standard InChI is InChI=1S/C61H75BN2O/c1-36-27-49-53-50(28-36)64(40-21-19-37(20-22-40)55(2,3)4)54-52(42-32-43-46(35-51(42)65-54)61(17,18)26-23-58(43,11)12)62(53)47-33-44-45(60(15,16)25-24-59(44,13)14)34-48(47)63(49)41-30-38(56(5,6)7)29-39(31-41)57(8,9)10/h19-22,27-35H,23-26H2,1-18H3. The summed E-state index contributed by atoms with van der Waals surface area (Å²) >= 11 is 0. The minimum atomic E-state index is -0.0371. The monoisotopic (exact) mass is 863 g/mol. The Balaban J connectivity index is 1.37. The number of furan rings is 1. The topological polar surface area (TPSA) is 19.6 Å². The Morgan fingerprint density at radius 2 is 0.923 bits per heavy atom. The van der Waals surface area contributed by atoms with Crippen molar-refractivity contribution in [2.24, 2.45) is 0 Å². The highest BCUT2D eigenvalue weighted by Crippen LogP contribution is 2.53. The molecule has 4 aliphatic rings. The van der Waals surface area contributed by atoms with E-state index in [0.717, 1.165) is 23.6 Å². The fraction of sp³-hybridized carbons (Fsp3) is 0.475. The number of benzene rings is 5. The van der Waals surface area contributed by atoms with Crippen LogP contribution in [0.4, 0.5) is 34.3 Å². The fourth-order valence-corrected chi connectivity index (χ4v) is 12.0. The van der Waals surface area contributed by atoms with Gasteiger partial charge in [0.1, 0.15) is 5.58 Å². The minimum Gasteiger partial charge on any atom is -0.440 e. The second-order valence-electron chi connectivity index (χ2n) is 26.6. The molecule has 2 aliphatic heterocycles. The Morgan fingerprint density at radius 1 is 0.462 bits per heavy atom. The van der Waals surface area contributed by atoms with Crippen molar-refractivity contribution < 1.29 is 4.42 Å². The first-order valence-electron chi connectivity index (χ1n) is 24.8. The molecule has 4 heteroatoms. The van der Waals surface area contributed by atoms with E-state index in [1.807, 2.05) is 0 Å². The predicted molar refractivity (Wildman–Crippen MR) is 282 cm³/mol. The molecular weight excluding hydrogens is 787 g/mol. The lowest BCUT2D eigenvalue weighted by molar-refractivity contribution is 0.332. The maximum atomic E-state index is 7.51. The Labute approximate surface area is 392 Å². The third kappa shape index (κ3) is 6.79. The SMILES string of the molecule is Cc1cc2c3c(c1)N(c1ccc(C(C)(C)C)cc1)c1oc4cc5c(cc4c1B3c1cc3c(cc1N2c1cc(C(C)(C)C)cc(C(C)(C)C)c1)C(C)(C)CCC3(C)C)C(C)(C)CCC5(C)C. The van der Waals surface area contributed by atoms with Gasteiger partial charge >= 0.3 is 0 Å². The molecular formula is C61H75BN2O. The van der Waals surface area contributed by atoms with Gasteiger partial charge in [0.25, 0.3) is 6.71 Å². The van der Waals surface area contributed by atoms with Crippen LogP contribution < -0.4 is 26.2 Å². The van der Waals surface area contributed by atoms with E-state index in [1.165, 1.54) is 108 Å². The predicted octanol–water partition coefficient (Wildman–Crippen LogP) is 15.4. The number of hydrogen-bond donors (Lipinski definition) is 0. The van der Waals surface area contributed by atoms with Crippen LogP contribution >= 0.6 is 0 Å². The molecule has 1 aromatic heterocycles. The highest BCUT2D eigenvalue weighted by atomic mass is 16.4. The molecule has 0 atom stereocenters. The van der Waals surface area contributed by atoms with Crippen LogP contribution in [0.1, 0.15) is 188 Å². The van der Waals surface area contributed by atoms with Crippen LogP contribution in [0.5, 0.6) is 0 Å². The molecule has 338 valence electrons. The van der Waals surface area contributed by atoms with Gasteiger partial charge in [0.05, 0.1) is 0 Å². The van der Waals surface area contributed by atoms with Crippen molar-refractivity contribution in [2.45, 2.75) is 188 Å². The van der Waals surface area contributed by atoms with Gasteiger partial charge in [-0.2, -0.15) is 0 Å². The third-order valence-corrected chi connectivity index (χ3v) is 16.7. The minimum absolute atomic E-state index is 0.0346. The van der Waals surface area contributed by atoms with Crippen LogP contribution in [0, 0.1) is 6.92 Å². The van der Waals surface area contributed by atoms with E-state index >= 15 is 0 Å². The molecule has 0 amide bonds. The normalized spacial score (nSPS) is 19.1. The molecule has 0 saturated heterocycles. The van der Waals surface area contributed by atoms with Crippen LogP contribution in [-0.4, -0.2) is 6.71 Å². The van der Waals surface area contributed by atoms with E-state index < -0.39 is 0 Å². The van der Waals surface area contributed by atoms with Gasteiger partial charge < -0.3 is 9.32 Å². The lowest BCUT2D eigenvalue weighted by Crippen LogP contribution is -2.61. The van der Waals surface area contributed by atoms with E-state index in [9.17, 15) is 0 Å². The highest BCUT2D eigenvalue weighted by molar-refractivity contribution is 7.01. The van der Waals surface area contributed by atoms with Gasteiger partial charge in [0, 0.05) is 39.3 Å². The zero-order valence-corrected chi connectivity index (χ0v) is 43.2. The van der Waals surface area contributed by atoms with Crippen molar-refractivity contribution >= 4 is 68.4 Å². The molecule has 6 aromatic rings. The van der Waals surface area contributed by atoms with E-state index in [4.69, 9.17) is 4.42 Å². The van der Waals surface area contributed by atoms with Gasteiger partial charge in [-0.1, -0.05) is 142 Å². The summed E-state index contributed by atoms with van der Waals surface area (Å²) in [6, 6.07) is 32.1. The maximum absolute atomic E-state index is 7.51. The molecule has 3 heterocycles. The van der Waals surface area contributed by atoms with Crippen LogP contribution in [-0.2, 0) is 37.9 Å². The van der Waals surface area contributed by atoms with E-state index in [-0.39, 0.29) is 44.6 Å². The Bertz CT molecular complexity index is 2920. The first-order chi connectivity index (χ1) is 30.0. The van der Waals surface area contributed by atoms with E-state index in [1.54, 1.807) is 0 Å². The van der Waals surface area contributed by atoms with Gasteiger partial charge in [0.2, 0.25) is 5.88 Å². The molecule has 0 unspecified atom stereocenters. The number of anilines is 6. The maximum Gasteiger partial charge on any atom is 0.257 e.